The first-order chi connectivity index (χ1) is 15.7. The molecule has 2 atom stereocenters. The monoisotopic (exact) mass is 508 g/mol. The van der Waals surface area contributed by atoms with Gasteiger partial charge in [0, 0.05) is 41.4 Å². The molecule has 1 aromatic heterocycles. The molecule has 3 heterocycles. The molecule has 0 saturated carbocycles. The SMILES string of the molecule is FC(F)F.Nc1ncnc(N2CCCC(N3CCC(Nc4cc(Cl)cc(Cl)c4)C3=O)C2)c1F. The standard InChI is InChI=1S/C19H21Cl2FN6O.CHF3/c20-11-6-12(21)8-13(7-11)26-15-3-5-28(19(15)29)14-2-1-4-27(9-14)18-16(22)17(23)24-10-25-18;2-1(3)4/h6-8,10,14-15,26H,1-5,9H2,(H2,23,24,25);1H. The highest BCUT2D eigenvalue weighted by atomic mass is 35.5. The summed E-state index contributed by atoms with van der Waals surface area (Å²) in [5.74, 6) is -0.565. The lowest BCUT2D eigenvalue weighted by Gasteiger charge is -2.38. The Kier molecular flexibility index (Phi) is 8.41. The summed E-state index contributed by atoms with van der Waals surface area (Å²) in [6.07, 6.45) is 3.63. The Balaban J connectivity index is 0.000000709. The predicted octanol–water partition coefficient (Wildman–Crippen LogP) is 4.37. The molecule has 2 aliphatic heterocycles. The molecule has 2 unspecified atom stereocenters. The van der Waals surface area contributed by atoms with Crippen LogP contribution in [0, 0.1) is 5.82 Å². The molecular weight excluding hydrogens is 487 g/mol. The van der Waals surface area contributed by atoms with Gasteiger partial charge >= 0.3 is 6.68 Å². The third kappa shape index (κ3) is 6.50. The van der Waals surface area contributed by atoms with Gasteiger partial charge in [-0.2, -0.15) is 17.6 Å². The van der Waals surface area contributed by atoms with Crippen molar-refractivity contribution in [2.75, 3.05) is 35.6 Å². The highest BCUT2D eigenvalue weighted by Crippen LogP contribution is 2.29. The first-order valence-corrected chi connectivity index (χ1v) is 10.9. The summed E-state index contributed by atoms with van der Waals surface area (Å²) >= 11 is 12.1. The van der Waals surface area contributed by atoms with Crippen molar-refractivity contribution in [1.82, 2.24) is 14.9 Å². The molecule has 3 N–H and O–H groups in total. The summed E-state index contributed by atoms with van der Waals surface area (Å²) in [6.45, 7) is -1.86. The highest BCUT2D eigenvalue weighted by Gasteiger charge is 2.38. The lowest BCUT2D eigenvalue weighted by Crippen LogP contribution is -2.50. The summed E-state index contributed by atoms with van der Waals surface area (Å²) < 4.78 is 43.3. The number of amides is 1. The van der Waals surface area contributed by atoms with Crippen molar-refractivity contribution in [2.45, 2.75) is 38.0 Å². The zero-order chi connectivity index (χ0) is 24.1. The number of carbonyl (C=O) groups excluding carboxylic acids is 1. The Bertz CT molecular complexity index is 963. The largest absolute Gasteiger partial charge is 0.381 e. The molecular formula is C20H22Cl2F4N6O. The van der Waals surface area contributed by atoms with Crippen LogP contribution in [0.3, 0.4) is 0 Å². The molecule has 13 heteroatoms. The van der Waals surface area contributed by atoms with Crippen LogP contribution in [0.4, 0.5) is 34.9 Å². The summed E-state index contributed by atoms with van der Waals surface area (Å²) in [6, 6.07) is 4.78. The Morgan fingerprint density at radius 3 is 2.42 bits per heavy atom. The van der Waals surface area contributed by atoms with E-state index in [1.807, 2.05) is 9.80 Å². The molecule has 0 spiro atoms. The van der Waals surface area contributed by atoms with E-state index < -0.39 is 12.5 Å². The number of likely N-dealkylation sites (tertiary alicyclic amines) is 1. The van der Waals surface area contributed by atoms with E-state index in [9.17, 15) is 22.4 Å². The number of nitrogens with one attached hydrogen (secondary N) is 1. The Hall–Kier alpha value is -2.53. The number of hydrogen-bond acceptors (Lipinski definition) is 6. The van der Waals surface area contributed by atoms with Crippen LogP contribution in [-0.2, 0) is 4.79 Å². The molecule has 2 aromatic rings. The smallest absolute Gasteiger partial charge is 0.379 e. The van der Waals surface area contributed by atoms with Crippen molar-refractivity contribution in [3.05, 3.63) is 40.4 Å². The third-order valence-corrected chi connectivity index (χ3v) is 5.81. The number of alkyl halides is 3. The van der Waals surface area contributed by atoms with Gasteiger partial charge in [-0.25, -0.2) is 9.97 Å². The highest BCUT2D eigenvalue weighted by molar-refractivity contribution is 6.35. The fraction of sp³-hybridized carbons (Fsp3) is 0.450. The number of halogens is 6. The van der Waals surface area contributed by atoms with Crippen molar-refractivity contribution >= 4 is 46.4 Å². The zero-order valence-corrected chi connectivity index (χ0v) is 18.8. The second-order valence-corrected chi connectivity index (χ2v) is 8.43. The minimum Gasteiger partial charge on any atom is -0.381 e. The van der Waals surface area contributed by atoms with Gasteiger partial charge in [0.1, 0.15) is 12.4 Å². The molecule has 0 radical (unpaired) electrons. The maximum absolute atomic E-state index is 14.3. The maximum Gasteiger partial charge on any atom is 0.379 e. The second kappa shape index (κ2) is 11.1. The van der Waals surface area contributed by atoms with Gasteiger partial charge in [-0.1, -0.05) is 23.2 Å². The van der Waals surface area contributed by atoms with Crippen molar-refractivity contribution in [2.24, 2.45) is 0 Å². The summed E-state index contributed by atoms with van der Waals surface area (Å²) in [5.41, 5.74) is 6.29. The van der Waals surface area contributed by atoms with Crippen LogP contribution in [0.5, 0.6) is 0 Å². The van der Waals surface area contributed by atoms with E-state index in [1.54, 1.807) is 18.2 Å². The molecule has 2 saturated heterocycles. The molecule has 33 heavy (non-hydrogen) atoms. The van der Waals surface area contributed by atoms with Crippen LogP contribution < -0.4 is 16.0 Å². The molecule has 1 aromatic carbocycles. The van der Waals surface area contributed by atoms with E-state index in [0.717, 1.165) is 12.8 Å². The van der Waals surface area contributed by atoms with Gasteiger partial charge in [0.25, 0.3) is 0 Å². The fourth-order valence-corrected chi connectivity index (χ4v) is 4.56. The van der Waals surface area contributed by atoms with Crippen LogP contribution >= 0.6 is 23.2 Å². The van der Waals surface area contributed by atoms with Crippen LogP contribution in [0.2, 0.25) is 10.0 Å². The van der Waals surface area contributed by atoms with Gasteiger partial charge in [-0.15, -0.1) is 0 Å². The second-order valence-electron chi connectivity index (χ2n) is 7.56. The topological polar surface area (TPSA) is 87.4 Å². The Morgan fingerprint density at radius 1 is 1.09 bits per heavy atom. The number of rotatable bonds is 4. The number of nitrogen functional groups attached to an aromatic ring is 1. The van der Waals surface area contributed by atoms with Gasteiger partial charge in [0.2, 0.25) is 11.7 Å². The van der Waals surface area contributed by atoms with Gasteiger partial charge in [0.05, 0.1) is 0 Å². The molecule has 180 valence electrons. The summed E-state index contributed by atoms with van der Waals surface area (Å²) in [7, 11) is 0. The van der Waals surface area contributed by atoms with E-state index in [0.29, 0.717) is 41.8 Å². The van der Waals surface area contributed by atoms with Crippen molar-refractivity contribution in [3.63, 3.8) is 0 Å². The molecule has 2 fully saturated rings. The van der Waals surface area contributed by atoms with Gasteiger partial charge in [-0.3, -0.25) is 4.79 Å². The normalized spacial score (nSPS) is 20.6. The van der Waals surface area contributed by atoms with Gasteiger partial charge in [0.15, 0.2) is 11.6 Å². The molecule has 0 aliphatic carbocycles. The van der Waals surface area contributed by atoms with Crippen LogP contribution in [0.25, 0.3) is 0 Å². The van der Waals surface area contributed by atoms with E-state index in [2.05, 4.69) is 15.3 Å². The van der Waals surface area contributed by atoms with E-state index in [4.69, 9.17) is 28.9 Å². The van der Waals surface area contributed by atoms with Crippen molar-refractivity contribution < 1.29 is 22.4 Å². The number of piperidine rings is 1. The first kappa shape index (κ1) is 25.1. The lowest BCUT2D eigenvalue weighted by molar-refractivity contribution is -0.130. The fourth-order valence-electron chi connectivity index (χ4n) is 4.03. The minimum atomic E-state index is -3.67. The molecule has 1 amide bonds. The predicted molar refractivity (Wildman–Crippen MR) is 119 cm³/mol. The van der Waals surface area contributed by atoms with Crippen molar-refractivity contribution in [1.29, 1.82) is 0 Å². The van der Waals surface area contributed by atoms with E-state index in [-0.39, 0.29) is 29.6 Å². The third-order valence-electron chi connectivity index (χ3n) is 5.38. The van der Waals surface area contributed by atoms with Crippen LogP contribution in [0.15, 0.2) is 24.5 Å². The molecule has 0 bridgehead atoms. The first-order valence-electron chi connectivity index (χ1n) is 10.1. The number of hydrogen-bond donors (Lipinski definition) is 2. The van der Waals surface area contributed by atoms with Gasteiger partial charge in [-0.05, 0) is 37.5 Å². The zero-order valence-electron chi connectivity index (χ0n) is 17.3. The summed E-state index contributed by atoms with van der Waals surface area (Å²) in [5, 5.41) is 4.25. The number of aromatic nitrogens is 2. The van der Waals surface area contributed by atoms with E-state index in [1.165, 1.54) is 6.33 Å². The summed E-state index contributed by atoms with van der Waals surface area (Å²) in [4.78, 5) is 24.4. The Labute approximate surface area is 197 Å². The number of nitrogens with zero attached hydrogens (tertiary/aromatic N) is 4. The van der Waals surface area contributed by atoms with E-state index >= 15 is 0 Å². The maximum atomic E-state index is 14.3. The lowest BCUT2D eigenvalue weighted by atomic mass is 10.0. The molecule has 2 aliphatic rings. The van der Waals surface area contributed by atoms with Gasteiger partial charge < -0.3 is 20.9 Å². The van der Waals surface area contributed by atoms with Crippen LogP contribution in [0.1, 0.15) is 19.3 Å². The number of anilines is 3. The average molecular weight is 509 g/mol. The number of carbonyl (C=O) groups is 1. The molecule has 7 nitrogen and oxygen atoms in total. The minimum absolute atomic E-state index is 0.0124. The number of nitrogens with two attached hydrogens (primary N) is 1. The number of benzene rings is 1. The van der Waals surface area contributed by atoms with Crippen molar-refractivity contribution in [3.8, 4) is 0 Å². The average Bonchev–Trinajstić information content (AvgIpc) is 3.09. The molecule has 4 rings (SSSR count). The quantitative estimate of drug-likeness (QED) is 0.596. The van der Waals surface area contributed by atoms with Crippen LogP contribution in [-0.4, -0.2) is 59.2 Å². The Morgan fingerprint density at radius 2 is 1.76 bits per heavy atom.